The highest BCUT2D eigenvalue weighted by Gasteiger charge is 2.21. The quantitative estimate of drug-likeness (QED) is 0.880. The Morgan fingerprint density at radius 1 is 1.53 bits per heavy atom. The average Bonchev–Trinajstić information content (AvgIpc) is 2.30. The largest absolute Gasteiger partial charge is 0.365 e. The van der Waals surface area contributed by atoms with E-state index in [9.17, 15) is 4.39 Å². The standard InChI is InChI=1S/C13H19FN2S/c1-9-8-17-6-5-16(9)13-4-3-11(10(2)15)7-12(13)14/h3-4,7,9-10H,5-6,8,15H2,1-2H3/t9?,10-/m1/s1. The Morgan fingerprint density at radius 3 is 2.88 bits per heavy atom. The molecule has 0 aliphatic carbocycles. The van der Waals surface area contributed by atoms with Gasteiger partial charge in [-0.3, -0.25) is 0 Å². The first-order valence-electron chi connectivity index (χ1n) is 5.99. The molecule has 2 rings (SSSR count). The summed E-state index contributed by atoms with van der Waals surface area (Å²) in [5.74, 6) is 1.98. The van der Waals surface area contributed by atoms with Crippen LogP contribution in [0, 0.1) is 5.82 Å². The first kappa shape index (κ1) is 12.7. The van der Waals surface area contributed by atoms with Gasteiger partial charge in [0.25, 0.3) is 0 Å². The van der Waals surface area contributed by atoms with Crippen LogP contribution in [0.4, 0.5) is 10.1 Å². The van der Waals surface area contributed by atoms with Crippen molar-refractivity contribution < 1.29 is 4.39 Å². The fourth-order valence-electron chi connectivity index (χ4n) is 2.12. The highest BCUT2D eigenvalue weighted by molar-refractivity contribution is 7.99. The molecular weight excluding hydrogens is 235 g/mol. The van der Waals surface area contributed by atoms with Gasteiger partial charge < -0.3 is 10.6 Å². The summed E-state index contributed by atoms with van der Waals surface area (Å²) in [6, 6.07) is 5.63. The van der Waals surface area contributed by atoms with Gasteiger partial charge in [0, 0.05) is 30.1 Å². The van der Waals surface area contributed by atoms with Crippen LogP contribution in [-0.4, -0.2) is 24.1 Å². The number of thioether (sulfide) groups is 1. The van der Waals surface area contributed by atoms with Crippen LogP contribution in [0.1, 0.15) is 25.5 Å². The normalized spacial score (nSPS) is 22.6. The van der Waals surface area contributed by atoms with E-state index < -0.39 is 0 Å². The first-order chi connectivity index (χ1) is 8.09. The van der Waals surface area contributed by atoms with Gasteiger partial charge in [-0.05, 0) is 31.5 Å². The maximum atomic E-state index is 14.1. The number of anilines is 1. The van der Waals surface area contributed by atoms with E-state index in [1.165, 1.54) is 0 Å². The number of hydrogen-bond acceptors (Lipinski definition) is 3. The molecule has 2 atom stereocenters. The Labute approximate surface area is 106 Å². The van der Waals surface area contributed by atoms with E-state index in [2.05, 4.69) is 11.8 Å². The van der Waals surface area contributed by atoms with Crippen molar-refractivity contribution in [2.75, 3.05) is 23.0 Å². The summed E-state index contributed by atoms with van der Waals surface area (Å²) in [4.78, 5) is 2.15. The van der Waals surface area contributed by atoms with Gasteiger partial charge in [0.15, 0.2) is 0 Å². The number of hydrogen-bond donors (Lipinski definition) is 1. The van der Waals surface area contributed by atoms with E-state index in [4.69, 9.17) is 5.73 Å². The Hall–Kier alpha value is -0.740. The summed E-state index contributed by atoms with van der Waals surface area (Å²) in [6.45, 7) is 4.93. The summed E-state index contributed by atoms with van der Waals surface area (Å²) in [5, 5.41) is 0. The third kappa shape index (κ3) is 2.75. The summed E-state index contributed by atoms with van der Waals surface area (Å²) in [7, 11) is 0. The zero-order chi connectivity index (χ0) is 12.4. The summed E-state index contributed by atoms with van der Waals surface area (Å²) in [6.07, 6.45) is 0. The number of nitrogens with zero attached hydrogens (tertiary/aromatic N) is 1. The van der Waals surface area contributed by atoms with Gasteiger partial charge in [0.05, 0.1) is 5.69 Å². The van der Waals surface area contributed by atoms with Crippen LogP contribution in [0.5, 0.6) is 0 Å². The third-order valence-electron chi connectivity index (χ3n) is 3.17. The van der Waals surface area contributed by atoms with E-state index in [1.54, 1.807) is 6.07 Å². The fraction of sp³-hybridized carbons (Fsp3) is 0.538. The Bertz CT molecular complexity index is 395. The van der Waals surface area contributed by atoms with Crippen molar-refractivity contribution in [3.05, 3.63) is 29.6 Å². The maximum Gasteiger partial charge on any atom is 0.146 e. The van der Waals surface area contributed by atoms with Gasteiger partial charge in [-0.25, -0.2) is 4.39 Å². The summed E-state index contributed by atoms with van der Waals surface area (Å²) < 4.78 is 14.1. The summed E-state index contributed by atoms with van der Waals surface area (Å²) >= 11 is 1.93. The van der Waals surface area contributed by atoms with Crippen LogP contribution in [0.3, 0.4) is 0 Å². The molecule has 1 aromatic rings. The molecule has 1 fully saturated rings. The molecule has 2 N–H and O–H groups in total. The molecule has 1 aliphatic rings. The SMILES string of the molecule is CC1CSCCN1c1ccc([C@@H](C)N)cc1F. The molecule has 0 saturated carbocycles. The zero-order valence-electron chi connectivity index (χ0n) is 10.3. The minimum atomic E-state index is -0.154. The molecule has 1 aromatic carbocycles. The van der Waals surface area contributed by atoms with Gasteiger partial charge in [0.2, 0.25) is 0 Å². The molecule has 1 unspecified atom stereocenters. The highest BCUT2D eigenvalue weighted by atomic mass is 32.2. The van der Waals surface area contributed by atoms with Crippen molar-refractivity contribution in [1.82, 2.24) is 0 Å². The molecule has 0 aromatic heterocycles. The molecule has 0 bridgehead atoms. The maximum absolute atomic E-state index is 14.1. The van der Waals surface area contributed by atoms with Gasteiger partial charge in [-0.15, -0.1) is 0 Å². The lowest BCUT2D eigenvalue weighted by molar-refractivity contribution is 0.599. The van der Waals surface area contributed by atoms with Crippen LogP contribution < -0.4 is 10.6 Å². The Balaban J connectivity index is 2.26. The number of nitrogens with two attached hydrogens (primary N) is 1. The van der Waals surface area contributed by atoms with Crippen molar-refractivity contribution in [3.8, 4) is 0 Å². The minimum absolute atomic E-state index is 0.118. The lowest BCUT2D eigenvalue weighted by Gasteiger charge is -2.35. The van der Waals surface area contributed by atoms with E-state index in [0.717, 1.165) is 23.6 Å². The fourth-order valence-corrected chi connectivity index (χ4v) is 3.14. The Morgan fingerprint density at radius 2 is 2.29 bits per heavy atom. The van der Waals surface area contributed by atoms with Crippen LogP contribution >= 0.6 is 11.8 Å². The molecule has 1 saturated heterocycles. The lowest BCUT2D eigenvalue weighted by atomic mass is 10.1. The van der Waals surface area contributed by atoms with E-state index in [1.807, 2.05) is 30.8 Å². The van der Waals surface area contributed by atoms with Gasteiger partial charge >= 0.3 is 0 Å². The zero-order valence-corrected chi connectivity index (χ0v) is 11.1. The van der Waals surface area contributed by atoms with Crippen molar-refractivity contribution >= 4 is 17.4 Å². The average molecular weight is 254 g/mol. The summed E-state index contributed by atoms with van der Waals surface area (Å²) in [5.41, 5.74) is 7.32. The molecule has 0 radical (unpaired) electrons. The highest BCUT2D eigenvalue weighted by Crippen LogP contribution is 2.28. The molecule has 17 heavy (non-hydrogen) atoms. The number of halogens is 1. The predicted octanol–water partition coefficient (Wildman–Crippen LogP) is 2.79. The van der Waals surface area contributed by atoms with Gasteiger partial charge in [0.1, 0.15) is 5.82 Å². The molecule has 1 aliphatic heterocycles. The van der Waals surface area contributed by atoms with Crippen molar-refractivity contribution in [1.29, 1.82) is 0 Å². The lowest BCUT2D eigenvalue weighted by Crippen LogP contribution is -2.40. The first-order valence-corrected chi connectivity index (χ1v) is 7.14. The molecule has 0 spiro atoms. The smallest absolute Gasteiger partial charge is 0.146 e. The van der Waals surface area contributed by atoms with Crippen LogP contribution in [-0.2, 0) is 0 Å². The monoisotopic (exact) mass is 254 g/mol. The van der Waals surface area contributed by atoms with Gasteiger partial charge in [-0.1, -0.05) is 6.07 Å². The van der Waals surface area contributed by atoms with Crippen LogP contribution in [0.2, 0.25) is 0 Å². The molecular formula is C13H19FN2S. The molecule has 1 heterocycles. The van der Waals surface area contributed by atoms with E-state index in [0.29, 0.717) is 11.7 Å². The second-order valence-electron chi connectivity index (χ2n) is 4.62. The molecule has 94 valence electrons. The molecule has 2 nitrogen and oxygen atoms in total. The minimum Gasteiger partial charge on any atom is -0.365 e. The molecule has 4 heteroatoms. The topological polar surface area (TPSA) is 29.3 Å². The number of benzene rings is 1. The van der Waals surface area contributed by atoms with Crippen molar-refractivity contribution in [3.63, 3.8) is 0 Å². The predicted molar refractivity (Wildman–Crippen MR) is 73.1 cm³/mol. The van der Waals surface area contributed by atoms with E-state index >= 15 is 0 Å². The molecule has 0 amide bonds. The van der Waals surface area contributed by atoms with Crippen molar-refractivity contribution in [2.24, 2.45) is 5.73 Å². The van der Waals surface area contributed by atoms with Crippen LogP contribution in [0.15, 0.2) is 18.2 Å². The van der Waals surface area contributed by atoms with Crippen LogP contribution in [0.25, 0.3) is 0 Å². The Kier molecular flexibility index (Phi) is 3.94. The second-order valence-corrected chi connectivity index (χ2v) is 5.77. The third-order valence-corrected chi connectivity index (χ3v) is 4.36. The van der Waals surface area contributed by atoms with E-state index in [-0.39, 0.29) is 11.9 Å². The number of rotatable bonds is 2. The van der Waals surface area contributed by atoms with Crippen molar-refractivity contribution in [2.45, 2.75) is 25.9 Å². The second kappa shape index (κ2) is 5.27. The van der Waals surface area contributed by atoms with Gasteiger partial charge in [-0.2, -0.15) is 11.8 Å².